The first-order valence-electron chi connectivity index (χ1n) is 12.0. The Morgan fingerprint density at radius 2 is 2.03 bits per heavy atom. The monoisotopic (exact) mass is 438 g/mol. The van der Waals surface area contributed by atoms with Gasteiger partial charge in [0, 0.05) is 44.6 Å². The first-order chi connectivity index (χ1) is 15.4. The number of carbonyl (C=O) groups excluding carboxylic acids is 1. The third-order valence-electron chi connectivity index (χ3n) is 7.44. The molecule has 172 valence electrons. The molecule has 1 saturated heterocycles. The fraction of sp³-hybridized carbons (Fsp3) is 0.720. The van der Waals surface area contributed by atoms with Gasteiger partial charge in [0.15, 0.2) is 0 Å². The molecule has 0 radical (unpaired) electrons. The number of pyridine rings is 1. The van der Waals surface area contributed by atoms with Crippen molar-refractivity contribution in [3.8, 4) is 6.07 Å². The molecule has 3 heterocycles. The van der Waals surface area contributed by atoms with Crippen molar-refractivity contribution in [3.05, 3.63) is 22.4 Å². The van der Waals surface area contributed by atoms with E-state index in [1.807, 2.05) is 0 Å². The van der Waals surface area contributed by atoms with Crippen molar-refractivity contribution in [2.75, 3.05) is 38.3 Å². The molecule has 2 saturated carbocycles. The van der Waals surface area contributed by atoms with E-state index < -0.39 is 0 Å². The lowest BCUT2D eigenvalue weighted by Crippen LogP contribution is -2.56. The minimum Gasteiger partial charge on any atom is -0.384 e. The van der Waals surface area contributed by atoms with Gasteiger partial charge in [0.2, 0.25) is 5.91 Å². The minimum absolute atomic E-state index is 0.180. The van der Waals surface area contributed by atoms with Gasteiger partial charge in [0.25, 0.3) is 0 Å². The predicted octanol–water partition coefficient (Wildman–Crippen LogP) is 3.15. The molecule has 1 aromatic heterocycles. The highest BCUT2D eigenvalue weighted by molar-refractivity contribution is 5.77. The van der Waals surface area contributed by atoms with Crippen LogP contribution in [0, 0.1) is 17.2 Å². The fourth-order valence-corrected chi connectivity index (χ4v) is 5.35. The first kappa shape index (κ1) is 21.7. The SMILES string of the molecule is COCCC(=O)N1CCN(c2nc(C3CC3)c3c(c2C#N)CC(C)(C)OC3)CC1C1CC1. The Labute approximate surface area is 190 Å². The summed E-state index contributed by atoms with van der Waals surface area (Å²) < 4.78 is 11.2. The number of aromatic nitrogens is 1. The molecule has 0 bridgehead atoms. The number of nitriles is 1. The highest BCUT2D eigenvalue weighted by atomic mass is 16.5. The van der Waals surface area contributed by atoms with Crippen LogP contribution in [-0.4, -0.2) is 60.8 Å². The summed E-state index contributed by atoms with van der Waals surface area (Å²) in [5.41, 5.74) is 3.87. The molecule has 0 spiro atoms. The van der Waals surface area contributed by atoms with E-state index in [9.17, 15) is 10.1 Å². The van der Waals surface area contributed by atoms with Crippen LogP contribution in [0.1, 0.15) is 74.3 Å². The molecule has 4 aliphatic rings. The molecule has 7 nitrogen and oxygen atoms in total. The van der Waals surface area contributed by atoms with Crippen molar-refractivity contribution in [1.29, 1.82) is 5.26 Å². The average molecular weight is 439 g/mol. The normalized spacial score (nSPS) is 24.8. The summed E-state index contributed by atoms with van der Waals surface area (Å²) in [5, 5.41) is 10.2. The van der Waals surface area contributed by atoms with Gasteiger partial charge in [-0.25, -0.2) is 4.98 Å². The molecule has 0 N–H and O–H groups in total. The molecule has 1 aromatic rings. The lowest BCUT2D eigenvalue weighted by molar-refractivity contribution is -0.135. The van der Waals surface area contributed by atoms with E-state index in [0.717, 1.165) is 41.2 Å². The standard InChI is InChI=1S/C25H34N4O3/c1-25(2)12-18-19(13-26)24(27-23(17-6-7-17)20(18)15-32-25)28-9-10-29(22(30)8-11-31-3)21(14-28)16-4-5-16/h16-17,21H,4-12,14-15H2,1-3H3. The number of anilines is 1. The first-order valence-corrected chi connectivity index (χ1v) is 12.0. The molecule has 1 unspecified atom stereocenters. The summed E-state index contributed by atoms with van der Waals surface area (Å²) in [6.45, 7) is 7.36. The molecule has 5 rings (SSSR count). The number of hydrogen-bond donors (Lipinski definition) is 0. The summed E-state index contributed by atoms with van der Waals surface area (Å²) in [4.78, 5) is 22.3. The van der Waals surface area contributed by atoms with Gasteiger partial charge in [0.05, 0.1) is 42.5 Å². The Hall–Kier alpha value is -2.17. The van der Waals surface area contributed by atoms with E-state index in [1.54, 1.807) is 7.11 Å². The highest BCUT2D eigenvalue weighted by Crippen LogP contribution is 2.46. The maximum Gasteiger partial charge on any atom is 0.225 e. The Balaban J connectivity index is 1.48. The summed E-state index contributed by atoms with van der Waals surface area (Å²) in [6.07, 6.45) is 5.85. The van der Waals surface area contributed by atoms with Crippen LogP contribution in [-0.2, 0) is 27.3 Å². The number of methoxy groups -OCH3 is 1. The molecule has 32 heavy (non-hydrogen) atoms. The second-order valence-corrected chi connectivity index (χ2v) is 10.4. The van der Waals surface area contributed by atoms with Crippen LogP contribution in [0.4, 0.5) is 5.82 Å². The highest BCUT2D eigenvalue weighted by Gasteiger charge is 2.43. The van der Waals surface area contributed by atoms with Gasteiger partial charge in [-0.2, -0.15) is 5.26 Å². The van der Waals surface area contributed by atoms with Crippen molar-refractivity contribution < 1.29 is 14.3 Å². The third-order valence-corrected chi connectivity index (χ3v) is 7.44. The smallest absolute Gasteiger partial charge is 0.225 e. The number of amides is 1. The molecule has 0 aromatic carbocycles. The lowest BCUT2D eigenvalue weighted by atomic mass is 9.87. The zero-order chi connectivity index (χ0) is 22.5. The number of rotatable bonds is 6. The fourth-order valence-electron chi connectivity index (χ4n) is 5.35. The summed E-state index contributed by atoms with van der Waals surface area (Å²) in [7, 11) is 1.64. The Bertz CT molecular complexity index is 945. The maximum absolute atomic E-state index is 12.8. The quantitative estimate of drug-likeness (QED) is 0.679. The largest absolute Gasteiger partial charge is 0.384 e. The van der Waals surface area contributed by atoms with Crippen LogP contribution >= 0.6 is 0 Å². The van der Waals surface area contributed by atoms with Gasteiger partial charge in [-0.3, -0.25) is 4.79 Å². The lowest BCUT2D eigenvalue weighted by Gasteiger charge is -2.43. The average Bonchev–Trinajstić information content (AvgIpc) is 3.68. The van der Waals surface area contributed by atoms with Crippen LogP contribution in [0.3, 0.4) is 0 Å². The van der Waals surface area contributed by atoms with Gasteiger partial charge in [-0.1, -0.05) is 0 Å². The van der Waals surface area contributed by atoms with E-state index in [-0.39, 0.29) is 17.6 Å². The molecule has 7 heteroatoms. The van der Waals surface area contributed by atoms with Crippen LogP contribution < -0.4 is 4.90 Å². The second-order valence-electron chi connectivity index (χ2n) is 10.4. The summed E-state index contributed by atoms with van der Waals surface area (Å²) in [5.74, 6) is 2.07. The van der Waals surface area contributed by atoms with Crippen molar-refractivity contribution in [2.45, 2.75) is 76.5 Å². The van der Waals surface area contributed by atoms with E-state index >= 15 is 0 Å². The molecule has 1 atom stereocenters. The van der Waals surface area contributed by atoms with Crippen molar-refractivity contribution in [2.24, 2.45) is 5.92 Å². The van der Waals surface area contributed by atoms with Crippen molar-refractivity contribution in [1.82, 2.24) is 9.88 Å². The minimum atomic E-state index is -0.277. The summed E-state index contributed by atoms with van der Waals surface area (Å²) >= 11 is 0. The Kier molecular flexibility index (Phi) is 5.63. The van der Waals surface area contributed by atoms with Gasteiger partial charge < -0.3 is 19.3 Å². The number of nitrogens with zero attached hydrogens (tertiary/aromatic N) is 4. The molecule has 2 aliphatic heterocycles. The van der Waals surface area contributed by atoms with Gasteiger partial charge in [-0.15, -0.1) is 0 Å². The molecule has 3 fully saturated rings. The van der Waals surface area contributed by atoms with E-state index in [2.05, 4.69) is 29.7 Å². The van der Waals surface area contributed by atoms with E-state index in [0.29, 0.717) is 44.6 Å². The number of hydrogen-bond acceptors (Lipinski definition) is 6. The molecular formula is C25H34N4O3. The predicted molar refractivity (Wildman–Crippen MR) is 120 cm³/mol. The maximum atomic E-state index is 12.8. The Morgan fingerprint density at radius 1 is 1.25 bits per heavy atom. The van der Waals surface area contributed by atoms with Gasteiger partial charge >= 0.3 is 0 Å². The molecular weight excluding hydrogens is 404 g/mol. The van der Waals surface area contributed by atoms with Crippen molar-refractivity contribution >= 4 is 11.7 Å². The Morgan fingerprint density at radius 3 is 2.69 bits per heavy atom. The van der Waals surface area contributed by atoms with Crippen LogP contribution in [0.15, 0.2) is 0 Å². The number of fused-ring (bicyclic) bond motifs is 1. The number of piperazine rings is 1. The zero-order valence-corrected chi connectivity index (χ0v) is 19.5. The second kappa shape index (κ2) is 8.31. The number of ether oxygens (including phenoxy) is 2. The summed E-state index contributed by atoms with van der Waals surface area (Å²) in [6, 6.07) is 2.71. The van der Waals surface area contributed by atoms with Crippen molar-refractivity contribution in [3.63, 3.8) is 0 Å². The van der Waals surface area contributed by atoms with Gasteiger partial charge in [-0.05, 0) is 51.0 Å². The van der Waals surface area contributed by atoms with E-state index in [1.165, 1.54) is 25.7 Å². The topological polar surface area (TPSA) is 78.7 Å². The van der Waals surface area contributed by atoms with E-state index in [4.69, 9.17) is 14.5 Å². The number of carbonyl (C=O) groups is 1. The van der Waals surface area contributed by atoms with Crippen LogP contribution in [0.5, 0.6) is 0 Å². The molecule has 2 aliphatic carbocycles. The van der Waals surface area contributed by atoms with Crippen LogP contribution in [0.2, 0.25) is 0 Å². The van der Waals surface area contributed by atoms with Gasteiger partial charge in [0.1, 0.15) is 11.9 Å². The van der Waals surface area contributed by atoms with Crippen LogP contribution in [0.25, 0.3) is 0 Å². The molecule has 1 amide bonds. The zero-order valence-electron chi connectivity index (χ0n) is 19.5. The third kappa shape index (κ3) is 4.11.